The Labute approximate surface area is 128 Å². The molecule has 1 aliphatic heterocycles. The number of anilines is 1. The van der Waals surface area contributed by atoms with Crippen LogP contribution in [0.5, 0.6) is 0 Å². The zero-order valence-corrected chi connectivity index (χ0v) is 13.2. The molecule has 0 radical (unpaired) electrons. The van der Waals surface area contributed by atoms with Gasteiger partial charge < -0.3 is 15.8 Å². The fourth-order valence-electron chi connectivity index (χ4n) is 2.96. The number of benzene rings is 1. The first-order valence-electron chi connectivity index (χ1n) is 8.09. The molecule has 0 bridgehead atoms. The van der Waals surface area contributed by atoms with Crippen molar-refractivity contribution in [1.82, 2.24) is 4.90 Å². The molecule has 0 saturated carbocycles. The normalized spacial score (nSPS) is 17.0. The summed E-state index contributed by atoms with van der Waals surface area (Å²) in [7, 11) is 1.76. The Morgan fingerprint density at radius 3 is 2.76 bits per heavy atom. The molecule has 1 heterocycles. The number of hydrogen-bond donors (Lipinski definition) is 2. The highest BCUT2D eigenvalue weighted by molar-refractivity contribution is 5.51. The molecule has 0 amide bonds. The Bertz CT molecular complexity index is 405. The number of nitrogens with one attached hydrogen (secondary N) is 1. The van der Waals surface area contributed by atoms with E-state index >= 15 is 0 Å². The average Bonchev–Trinajstić information content (AvgIpc) is 3.00. The van der Waals surface area contributed by atoms with Crippen LogP contribution >= 0.6 is 0 Å². The SMILES string of the molecule is COCC(CCCN)Nc1ccccc1CN1CCCC1. The fraction of sp³-hybridized carbons (Fsp3) is 0.647. The van der Waals surface area contributed by atoms with E-state index in [1.807, 2.05) is 0 Å². The molecule has 1 fully saturated rings. The minimum atomic E-state index is 0.332. The van der Waals surface area contributed by atoms with Gasteiger partial charge in [-0.15, -0.1) is 0 Å². The van der Waals surface area contributed by atoms with Crippen LogP contribution in [0.3, 0.4) is 0 Å². The van der Waals surface area contributed by atoms with Crippen molar-refractivity contribution in [3.8, 4) is 0 Å². The van der Waals surface area contributed by atoms with Crippen LogP contribution < -0.4 is 11.1 Å². The maximum absolute atomic E-state index is 5.63. The van der Waals surface area contributed by atoms with Crippen molar-refractivity contribution < 1.29 is 4.74 Å². The number of hydrogen-bond acceptors (Lipinski definition) is 4. The number of nitrogens with zero attached hydrogens (tertiary/aromatic N) is 1. The summed E-state index contributed by atoms with van der Waals surface area (Å²) in [5.41, 5.74) is 8.25. The zero-order valence-electron chi connectivity index (χ0n) is 13.2. The van der Waals surface area contributed by atoms with E-state index in [1.165, 1.54) is 37.2 Å². The highest BCUT2D eigenvalue weighted by Crippen LogP contribution is 2.21. The first-order chi connectivity index (χ1) is 10.3. The second-order valence-electron chi connectivity index (χ2n) is 5.87. The van der Waals surface area contributed by atoms with Crippen molar-refractivity contribution in [3.05, 3.63) is 29.8 Å². The molecule has 0 aliphatic carbocycles. The Morgan fingerprint density at radius 1 is 1.29 bits per heavy atom. The van der Waals surface area contributed by atoms with Gasteiger partial charge in [-0.1, -0.05) is 18.2 Å². The first-order valence-corrected chi connectivity index (χ1v) is 8.09. The quantitative estimate of drug-likeness (QED) is 0.734. The predicted molar refractivity (Wildman–Crippen MR) is 88.5 cm³/mol. The Balaban J connectivity index is 1.99. The summed E-state index contributed by atoms with van der Waals surface area (Å²) in [5.74, 6) is 0. The summed E-state index contributed by atoms with van der Waals surface area (Å²) in [6.45, 7) is 4.95. The standard InChI is InChI=1S/C17H29N3O/c1-21-14-16(8-6-10-18)19-17-9-3-2-7-15(17)13-20-11-4-5-12-20/h2-3,7,9,16,19H,4-6,8,10-14,18H2,1H3. The van der Waals surface area contributed by atoms with Crippen LogP contribution in [-0.2, 0) is 11.3 Å². The monoisotopic (exact) mass is 291 g/mol. The number of nitrogens with two attached hydrogens (primary N) is 1. The molecular weight excluding hydrogens is 262 g/mol. The molecule has 1 aromatic carbocycles. The first kappa shape index (κ1) is 16.3. The van der Waals surface area contributed by atoms with Gasteiger partial charge in [-0.05, 0) is 56.9 Å². The second kappa shape index (κ2) is 9.03. The lowest BCUT2D eigenvalue weighted by Gasteiger charge is -2.23. The van der Waals surface area contributed by atoms with Gasteiger partial charge in [0.15, 0.2) is 0 Å². The van der Waals surface area contributed by atoms with Crippen molar-refractivity contribution in [1.29, 1.82) is 0 Å². The lowest BCUT2D eigenvalue weighted by Crippen LogP contribution is -2.27. The van der Waals surface area contributed by atoms with E-state index in [0.717, 1.165) is 32.5 Å². The van der Waals surface area contributed by atoms with Crippen LogP contribution in [0, 0.1) is 0 Å². The number of likely N-dealkylation sites (tertiary alicyclic amines) is 1. The Hall–Kier alpha value is -1.10. The summed E-state index contributed by atoms with van der Waals surface area (Å²) >= 11 is 0. The van der Waals surface area contributed by atoms with Gasteiger partial charge in [0.05, 0.1) is 6.61 Å². The van der Waals surface area contributed by atoms with Crippen LogP contribution in [0.15, 0.2) is 24.3 Å². The van der Waals surface area contributed by atoms with Gasteiger partial charge in [0, 0.05) is 25.4 Å². The van der Waals surface area contributed by atoms with Crippen LogP contribution in [0.2, 0.25) is 0 Å². The van der Waals surface area contributed by atoms with Crippen LogP contribution in [-0.4, -0.2) is 44.3 Å². The summed E-state index contributed by atoms with van der Waals surface area (Å²) in [6, 6.07) is 8.97. The van der Waals surface area contributed by atoms with E-state index in [-0.39, 0.29) is 0 Å². The van der Waals surface area contributed by atoms with E-state index in [4.69, 9.17) is 10.5 Å². The van der Waals surface area contributed by atoms with Crippen molar-refractivity contribution in [2.24, 2.45) is 5.73 Å². The topological polar surface area (TPSA) is 50.5 Å². The number of para-hydroxylation sites is 1. The molecule has 4 heteroatoms. The maximum atomic E-state index is 5.63. The summed E-state index contributed by atoms with van der Waals surface area (Å²) in [4.78, 5) is 2.53. The predicted octanol–water partition coefficient (Wildman–Crippen LogP) is 2.45. The smallest absolute Gasteiger partial charge is 0.0664 e. The summed E-state index contributed by atoms with van der Waals surface area (Å²) in [5, 5.41) is 3.65. The van der Waals surface area contributed by atoms with Gasteiger partial charge in [-0.2, -0.15) is 0 Å². The molecule has 3 N–H and O–H groups in total. The molecule has 118 valence electrons. The van der Waals surface area contributed by atoms with Gasteiger partial charge in [0.2, 0.25) is 0 Å². The highest BCUT2D eigenvalue weighted by Gasteiger charge is 2.15. The second-order valence-corrected chi connectivity index (χ2v) is 5.87. The van der Waals surface area contributed by atoms with Gasteiger partial charge in [-0.25, -0.2) is 0 Å². The largest absolute Gasteiger partial charge is 0.383 e. The van der Waals surface area contributed by atoms with Gasteiger partial charge in [0.25, 0.3) is 0 Å². The number of rotatable bonds is 9. The molecule has 21 heavy (non-hydrogen) atoms. The average molecular weight is 291 g/mol. The lowest BCUT2D eigenvalue weighted by molar-refractivity contribution is 0.182. The fourth-order valence-corrected chi connectivity index (χ4v) is 2.96. The molecule has 4 nitrogen and oxygen atoms in total. The molecule has 1 atom stereocenters. The Morgan fingerprint density at radius 2 is 2.05 bits per heavy atom. The van der Waals surface area contributed by atoms with Crippen LogP contribution in [0.4, 0.5) is 5.69 Å². The third kappa shape index (κ3) is 5.30. The molecule has 0 spiro atoms. The van der Waals surface area contributed by atoms with Crippen molar-refractivity contribution in [2.45, 2.75) is 38.3 Å². The molecule has 0 aromatic heterocycles. The summed E-state index contributed by atoms with van der Waals surface area (Å²) in [6.07, 6.45) is 4.73. The zero-order chi connectivity index (χ0) is 14.9. The minimum Gasteiger partial charge on any atom is -0.383 e. The maximum Gasteiger partial charge on any atom is 0.0664 e. The van der Waals surface area contributed by atoms with E-state index in [2.05, 4.69) is 34.5 Å². The molecule has 1 saturated heterocycles. The minimum absolute atomic E-state index is 0.332. The molecule has 2 rings (SSSR count). The molecular formula is C17H29N3O. The van der Waals surface area contributed by atoms with E-state index in [0.29, 0.717) is 6.04 Å². The van der Waals surface area contributed by atoms with Gasteiger partial charge >= 0.3 is 0 Å². The Kier molecular flexibility index (Phi) is 7.00. The third-order valence-corrected chi connectivity index (χ3v) is 4.09. The van der Waals surface area contributed by atoms with Crippen LogP contribution in [0.25, 0.3) is 0 Å². The van der Waals surface area contributed by atoms with Crippen molar-refractivity contribution in [2.75, 3.05) is 38.7 Å². The molecule has 1 unspecified atom stereocenters. The van der Waals surface area contributed by atoms with Gasteiger partial charge in [0.1, 0.15) is 0 Å². The van der Waals surface area contributed by atoms with E-state index in [1.54, 1.807) is 7.11 Å². The molecule has 1 aliphatic rings. The summed E-state index contributed by atoms with van der Waals surface area (Å²) < 4.78 is 5.33. The van der Waals surface area contributed by atoms with Crippen molar-refractivity contribution >= 4 is 5.69 Å². The van der Waals surface area contributed by atoms with E-state index < -0.39 is 0 Å². The molecule has 1 aromatic rings. The van der Waals surface area contributed by atoms with E-state index in [9.17, 15) is 0 Å². The van der Waals surface area contributed by atoms with Gasteiger partial charge in [-0.3, -0.25) is 4.90 Å². The number of methoxy groups -OCH3 is 1. The van der Waals surface area contributed by atoms with Crippen molar-refractivity contribution in [3.63, 3.8) is 0 Å². The lowest BCUT2D eigenvalue weighted by atomic mass is 10.1. The van der Waals surface area contributed by atoms with Crippen LogP contribution in [0.1, 0.15) is 31.2 Å². The highest BCUT2D eigenvalue weighted by atomic mass is 16.5. The number of ether oxygens (including phenoxy) is 1. The third-order valence-electron chi connectivity index (χ3n) is 4.09.